The molecule has 92 valence electrons. The van der Waals surface area contributed by atoms with E-state index in [4.69, 9.17) is 0 Å². The van der Waals surface area contributed by atoms with Crippen LogP contribution in [0.1, 0.15) is 6.92 Å². The van der Waals surface area contributed by atoms with Gasteiger partial charge in [0, 0.05) is 10.6 Å². The molecule has 2 nitrogen and oxygen atoms in total. The molecule has 2 rings (SSSR count). The lowest BCUT2D eigenvalue weighted by Gasteiger charge is -2.22. The molecule has 0 aliphatic carbocycles. The maximum Gasteiger partial charge on any atom is 0.152 e. The minimum Gasteiger partial charge on any atom is -0.313 e. The van der Waals surface area contributed by atoms with Crippen LogP contribution in [-0.2, 0) is 9.36 Å². The lowest BCUT2D eigenvalue weighted by molar-refractivity contribution is -0.107. The highest BCUT2D eigenvalue weighted by molar-refractivity contribution is 7.80. The molecular weight excluding hydrogens is 243 g/mol. The smallest absolute Gasteiger partial charge is 0.152 e. The van der Waals surface area contributed by atoms with Crippen molar-refractivity contribution >= 4 is 24.0 Å². The van der Waals surface area contributed by atoms with Gasteiger partial charge in [-0.1, -0.05) is 60.7 Å². The first-order valence-electron chi connectivity index (χ1n) is 5.86. The first-order valence-corrected chi connectivity index (χ1v) is 7.63. The molecule has 0 bridgehead atoms. The van der Waals surface area contributed by atoms with Crippen molar-refractivity contribution in [2.45, 2.75) is 12.6 Å². The third kappa shape index (κ3) is 2.16. The summed E-state index contributed by atoms with van der Waals surface area (Å²) in [6.45, 7) is 1.72. The third-order valence-corrected chi connectivity index (χ3v) is 6.45. The summed E-state index contributed by atoms with van der Waals surface area (Å²) in [5.41, 5.74) is -0.512. The fourth-order valence-electron chi connectivity index (χ4n) is 2.00. The number of aldehydes is 1. The summed E-state index contributed by atoms with van der Waals surface area (Å²) in [6, 6.07) is 18.5. The Kier molecular flexibility index (Phi) is 3.78. The summed E-state index contributed by atoms with van der Waals surface area (Å²) < 4.78 is 13.3. The Morgan fingerprint density at radius 2 is 1.28 bits per heavy atom. The van der Waals surface area contributed by atoms with E-state index in [2.05, 4.69) is 0 Å². The normalized spacial score (nSPS) is 12.9. The minimum atomic E-state index is -2.88. The Morgan fingerprint density at radius 3 is 1.61 bits per heavy atom. The zero-order valence-corrected chi connectivity index (χ0v) is 11.1. The zero-order valence-electron chi connectivity index (χ0n) is 10.2. The van der Waals surface area contributed by atoms with Gasteiger partial charge in [-0.25, -0.2) is 0 Å². The predicted molar refractivity (Wildman–Crippen MR) is 75.3 cm³/mol. The second-order valence-corrected chi connectivity index (χ2v) is 7.37. The van der Waals surface area contributed by atoms with Crippen LogP contribution in [0.4, 0.5) is 0 Å². The molecule has 3 heteroatoms. The minimum absolute atomic E-state index is 0.512. The van der Waals surface area contributed by atoms with Crippen LogP contribution in [-0.4, -0.2) is 11.9 Å². The van der Waals surface area contributed by atoms with E-state index in [1.807, 2.05) is 60.7 Å². The molecule has 0 aliphatic heterocycles. The van der Waals surface area contributed by atoms with E-state index in [9.17, 15) is 9.36 Å². The van der Waals surface area contributed by atoms with Gasteiger partial charge >= 0.3 is 0 Å². The Bertz CT molecular complexity index is 520. The highest BCUT2D eigenvalue weighted by Crippen LogP contribution is 2.47. The molecule has 1 unspecified atom stereocenters. The number of hydrogen-bond donors (Lipinski definition) is 0. The molecule has 2 aromatic rings. The molecule has 0 aromatic heterocycles. The van der Waals surface area contributed by atoms with Crippen LogP contribution >= 0.6 is 7.14 Å². The summed E-state index contributed by atoms with van der Waals surface area (Å²) in [6.07, 6.45) is 0.779. The van der Waals surface area contributed by atoms with E-state index < -0.39 is 12.8 Å². The second kappa shape index (κ2) is 5.32. The number of carbonyl (C=O) groups excluding carboxylic acids is 1. The SMILES string of the molecule is CC(C=O)P(=O)(c1ccccc1)c1ccccc1. The lowest BCUT2D eigenvalue weighted by atomic mass is 10.4. The van der Waals surface area contributed by atoms with Gasteiger partial charge in [-0.05, 0) is 6.92 Å². The molecule has 0 heterocycles. The fraction of sp³-hybridized carbons (Fsp3) is 0.133. The molecular formula is C15H15O2P. The fourth-order valence-corrected chi connectivity index (χ4v) is 4.64. The van der Waals surface area contributed by atoms with Crippen molar-refractivity contribution in [2.24, 2.45) is 0 Å². The summed E-state index contributed by atoms with van der Waals surface area (Å²) in [5.74, 6) is 0. The van der Waals surface area contributed by atoms with E-state index in [0.29, 0.717) is 0 Å². The highest BCUT2D eigenvalue weighted by atomic mass is 31.2. The van der Waals surface area contributed by atoms with Gasteiger partial charge in [0.25, 0.3) is 0 Å². The Balaban J connectivity index is 2.63. The van der Waals surface area contributed by atoms with Crippen molar-refractivity contribution in [1.82, 2.24) is 0 Å². The molecule has 0 spiro atoms. The molecule has 0 saturated carbocycles. The van der Waals surface area contributed by atoms with E-state index >= 15 is 0 Å². The Morgan fingerprint density at radius 1 is 0.889 bits per heavy atom. The van der Waals surface area contributed by atoms with Gasteiger partial charge in [-0.15, -0.1) is 0 Å². The maximum absolute atomic E-state index is 13.3. The van der Waals surface area contributed by atoms with Crippen molar-refractivity contribution in [2.75, 3.05) is 0 Å². The first kappa shape index (κ1) is 12.8. The van der Waals surface area contributed by atoms with Crippen LogP contribution in [0.5, 0.6) is 0 Å². The topological polar surface area (TPSA) is 34.1 Å². The Hall–Kier alpha value is -1.66. The van der Waals surface area contributed by atoms with Gasteiger partial charge in [0.2, 0.25) is 0 Å². The molecule has 0 saturated heterocycles. The van der Waals surface area contributed by atoms with Crippen molar-refractivity contribution in [3.63, 3.8) is 0 Å². The van der Waals surface area contributed by atoms with Gasteiger partial charge < -0.3 is 9.36 Å². The Labute approximate surface area is 107 Å². The van der Waals surface area contributed by atoms with Crippen molar-refractivity contribution < 1.29 is 9.36 Å². The van der Waals surface area contributed by atoms with Gasteiger partial charge in [0.1, 0.15) is 6.29 Å². The third-order valence-electron chi connectivity index (χ3n) is 3.05. The van der Waals surface area contributed by atoms with E-state index in [1.54, 1.807) is 6.92 Å². The van der Waals surface area contributed by atoms with Crippen LogP contribution in [0.15, 0.2) is 60.7 Å². The zero-order chi connectivity index (χ0) is 13.0. The van der Waals surface area contributed by atoms with Gasteiger partial charge in [-0.2, -0.15) is 0 Å². The monoisotopic (exact) mass is 258 g/mol. The quantitative estimate of drug-likeness (QED) is 0.624. The van der Waals surface area contributed by atoms with Crippen molar-refractivity contribution in [1.29, 1.82) is 0 Å². The summed E-state index contributed by atoms with van der Waals surface area (Å²) in [5, 5.41) is 1.46. The number of hydrogen-bond acceptors (Lipinski definition) is 2. The summed E-state index contributed by atoms with van der Waals surface area (Å²) in [4.78, 5) is 11.1. The maximum atomic E-state index is 13.3. The van der Waals surface area contributed by atoms with Crippen molar-refractivity contribution in [3.05, 3.63) is 60.7 Å². The van der Waals surface area contributed by atoms with Crippen LogP contribution in [0.25, 0.3) is 0 Å². The van der Waals surface area contributed by atoms with E-state index in [1.165, 1.54) is 0 Å². The molecule has 0 amide bonds. The van der Waals surface area contributed by atoms with Gasteiger partial charge in [0.15, 0.2) is 7.14 Å². The van der Waals surface area contributed by atoms with Crippen LogP contribution in [0.3, 0.4) is 0 Å². The van der Waals surface area contributed by atoms with E-state index in [-0.39, 0.29) is 0 Å². The summed E-state index contributed by atoms with van der Waals surface area (Å²) >= 11 is 0. The van der Waals surface area contributed by atoms with Crippen LogP contribution in [0, 0.1) is 0 Å². The highest BCUT2D eigenvalue weighted by Gasteiger charge is 2.33. The van der Waals surface area contributed by atoms with E-state index in [0.717, 1.165) is 16.9 Å². The van der Waals surface area contributed by atoms with Gasteiger partial charge in [-0.3, -0.25) is 0 Å². The number of rotatable bonds is 4. The number of carbonyl (C=O) groups is 1. The largest absolute Gasteiger partial charge is 0.313 e. The van der Waals surface area contributed by atoms with Crippen LogP contribution < -0.4 is 10.6 Å². The molecule has 0 N–H and O–H groups in total. The van der Waals surface area contributed by atoms with Crippen LogP contribution in [0.2, 0.25) is 0 Å². The van der Waals surface area contributed by atoms with Gasteiger partial charge in [0.05, 0.1) is 5.66 Å². The second-order valence-electron chi connectivity index (χ2n) is 4.21. The molecule has 18 heavy (non-hydrogen) atoms. The molecule has 0 radical (unpaired) electrons. The summed E-state index contributed by atoms with van der Waals surface area (Å²) in [7, 11) is -2.88. The molecule has 2 aromatic carbocycles. The lowest BCUT2D eigenvalue weighted by Crippen LogP contribution is -2.24. The number of benzene rings is 2. The molecule has 0 fully saturated rings. The molecule has 0 aliphatic rings. The standard InChI is InChI=1S/C15H15O2P/c1-13(12-16)18(17,14-8-4-2-5-9-14)15-10-6-3-7-11-15/h2-13H,1H3. The first-order chi connectivity index (χ1) is 8.69. The average Bonchev–Trinajstić information content (AvgIpc) is 2.47. The predicted octanol–water partition coefficient (Wildman–Crippen LogP) is 2.59. The molecule has 1 atom stereocenters. The average molecular weight is 258 g/mol. The van der Waals surface area contributed by atoms with Crippen molar-refractivity contribution in [3.8, 4) is 0 Å².